The summed E-state index contributed by atoms with van der Waals surface area (Å²) in [5.41, 5.74) is 2.90. The summed E-state index contributed by atoms with van der Waals surface area (Å²) in [6, 6.07) is 14.3. The fourth-order valence-electron chi connectivity index (χ4n) is 2.21. The van der Waals surface area contributed by atoms with Crippen LogP contribution >= 0.6 is 12.6 Å². The second-order valence-electron chi connectivity index (χ2n) is 5.03. The molecule has 24 heavy (non-hydrogen) atoms. The van der Waals surface area contributed by atoms with Crippen molar-refractivity contribution in [3.8, 4) is 11.4 Å². The van der Waals surface area contributed by atoms with Gasteiger partial charge in [-0.3, -0.25) is 0 Å². The third-order valence-electron chi connectivity index (χ3n) is 3.44. The average Bonchev–Trinajstić information content (AvgIpc) is 3.09. The first-order chi connectivity index (χ1) is 11.7. The van der Waals surface area contributed by atoms with Crippen LogP contribution in [0.4, 0.5) is 0 Å². The van der Waals surface area contributed by atoms with Crippen molar-refractivity contribution in [3.05, 3.63) is 71.1 Å². The van der Waals surface area contributed by atoms with Crippen LogP contribution in [-0.2, 0) is 5.75 Å². The van der Waals surface area contributed by atoms with E-state index in [2.05, 4.69) is 22.8 Å². The molecule has 0 aliphatic rings. The lowest BCUT2D eigenvalue weighted by Gasteiger charge is -2.00. The molecule has 0 radical (unpaired) electrons. The molecule has 3 rings (SSSR count). The zero-order valence-corrected chi connectivity index (χ0v) is 13.5. The summed E-state index contributed by atoms with van der Waals surface area (Å²) in [4.78, 5) is 15.3. The third-order valence-corrected chi connectivity index (χ3v) is 3.78. The number of carboxylic acid groups (broad SMARTS) is 1. The molecule has 3 aromatic rings. The Bertz CT molecular complexity index is 903. The number of hydrogen-bond donors (Lipinski definition) is 2. The molecule has 0 aliphatic carbocycles. The van der Waals surface area contributed by atoms with Gasteiger partial charge in [-0.2, -0.15) is 17.6 Å². The van der Waals surface area contributed by atoms with Gasteiger partial charge in [0, 0.05) is 17.4 Å². The van der Waals surface area contributed by atoms with E-state index in [0.29, 0.717) is 23.0 Å². The Morgan fingerprint density at radius 1 is 1.17 bits per heavy atom. The van der Waals surface area contributed by atoms with Gasteiger partial charge in [0.25, 0.3) is 5.89 Å². The van der Waals surface area contributed by atoms with Crippen molar-refractivity contribution in [1.82, 2.24) is 10.1 Å². The van der Waals surface area contributed by atoms with Gasteiger partial charge in [0.1, 0.15) is 0 Å². The van der Waals surface area contributed by atoms with Crippen molar-refractivity contribution in [2.75, 3.05) is 0 Å². The van der Waals surface area contributed by atoms with Crippen LogP contribution in [0.3, 0.4) is 0 Å². The number of benzene rings is 2. The molecular weight excluding hydrogens is 324 g/mol. The van der Waals surface area contributed by atoms with Crippen molar-refractivity contribution in [1.29, 1.82) is 0 Å². The molecule has 1 heterocycles. The molecule has 0 amide bonds. The average molecular weight is 338 g/mol. The Labute approximate surface area is 144 Å². The Hall–Kier alpha value is -2.86. The van der Waals surface area contributed by atoms with Crippen LogP contribution < -0.4 is 0 Å². The Kier molecular flexibility index (Phi) is 4.77. The molecule has 0 unspecified atom stereocenters. The first-order valence-corrected chi connectivity index (χ1v) is 7.85. The molecule has 0 spiro atoms. The van der Waals surface area contributed by atoms with Gasteiger partial charge in [-0.1, -0.05) is 41.6 Å². The second-order valence-corrected chi connectivity index (χ2v) is 5.35. The van der Waals surface area contributed by atoms with Gasteiger partial charge in [-0.05, 0) is 29.3 Å². The number of nitrogens with zero attached hydrogens (tertiary/aromatic N) is 2. The van der Waals surface area contributed by atoms with Crippen LogP contribution in [0.5, 0.6) is 0 Å². The van der Waals surface area contributed by atoms with E-state index in [0.717, 1.165) is 11.1 Å². The van der Waals surface area contributed by atoms with Crippen LogP contribution in [0.2, 0.25) is 0 Å². The summed E-state index contributed by atoms with van der Waals surface area (Å²) in [6.45, 7) is 0. The maximum absolute atomic E-state index is 11.0. The van der Waals surface area contributed by atoms with E-state index < -0.39 is 5.97 Å². The lowest BCUT2D eigenvalue weighted by atomic mass is 10.1. The number of carboxylic acids is 1. The molecule has 0 aliphatic heterocycles. The number of thiol groups is 1. The summed E-state index contributed by atoms with van der Waals surface area (Å²) in [5.74, 6) is 0.334. The number of carbonyl (C=O) groups is 1. The lowest BCUT2D eigenvalue weighted by molar-refractivity contribution is 0.0697. The highest BCUT2D eigenvalue weighted by Crippen LogP contribution is 2.19. The molecule has 0 bridgehead atoms. The fraction of sp³-hybridized carbons (Fsp3) is 0.0556. The monoisotopic (exact) mass is 338 g/mol. The van der Waals surface area contributed by atoms with Gasteiger partial charge >= 0.3 is 5.97 Å². The predicted molar refractivity (Wildman–Crippen MR) is 94.8 cm³/mol. The van der Waals surface area contributed by atoms with Crippen LogP contribution in [0.15, 0.2) is 53.1 Å². The highest BCUT2D eigenvalue weighted by atomic mass is 32.1. The third kappa shape index (κ3) is 3.55. The van der Waals surface area contributed by atoms with Crippen molar-refractivity contribution < 1.29 is 14.4 Å². The number of rotatable bonds is 5. The van der Waals surface area contributed by atoms with Crippen molar-refractivity contribution in [3.63, 3.8) is 0 Å². The van der Waals surface area contributed by atoms with E-state index in [1.165, 1.54) is 12.1 Å². The summed E-state index contributed by atoms with van der Waals surface area (Å²) >= 11 is 4.30. The topological polar surface area (TPSA) is 76.2 Å². The summed E-state index contributed by atoms with van der Waals surface area (Å²) in [5, 5.41) is 12.9. The molecule has 0 saturated heterocycles. The molecule has 0 atom stereocenters. The second kappa shape index (κ2) is 7.14. The smallest absolute Gasteiger partial charge is 0.335 e. The summed E-state index contributed by atoms with van der Waals surface area (Å²) in [7, 11) is 0. The highest BCUT2D eigenvalue weighted by molar-refractivity contribution is 7.79. The van der Waals surface area contributed by atoms with E-state index in [-0.39, 0.29) is 5.56 Å². The van der Waals surface area contributed by atoms with E-state index >= 15 is 0 Å². The van der Waals surface area contributed by atoms with Crippen LogP contribution in [-0.4, -0.2) is 21.2 Å². The number of aromatic carboxylic acids is 1. The SMILES string of the molecule is O=C(O)c1cccc(-c2noc(/C=C/c3ccccc3CS)n2)c1. The summed E-state index contributed by atoms with van der Waals surface area (Å²) in [6.07, 6.45) is 3.61. The van der Waals surface area contributed by atoms with Gasteiger partial charge in [-0.25, -0.2) is 4.79 Å². The van der Waals surface area contributed by atoms with Gasteiger partial charge in [0.15, 0.2) is 0 Å². The van der Waals surface area contributed by atoms with Gasteiger partial charge in [-0.15, -0.1) is 0 Å². The first kappa shape index (κ1) is 16.0. The summed E-state index contributed by atoms with van der Waals surface area (Å²) < 4.78 is 5.20. The van der Waals surface area contributed by atoms with Crippen molar-refractivity contribution >= 4 is 30.8 Å². The zero-order chi connectivity index (χ0) is 16.9. The van der Waals surface area contributed by atoms with E-state index in [1.54, 1.807) is 18.2 Å². The quantitative estimate of drug-likeness (QED) is 0.687. The number of aromatic nitrogens is 2. The fourth-order valence-corrected chi connectivity index (χ4v) is 2.50. The molecule has 1 aromatic heterocycles. The highest BCUT2D eigenvalue weighted by Gasteiger charge is 2.10. The van der Waals surface area contributed by atoms with Gasteiger partial charge < -0.3 is 9.63 Å². The molecule has 2 aromatic carbocycles. The first-order valence-electron chi connectivity index (χ1n) is 7.21. The molecular formula is C18H14N2O3S. The molecule has 0 fully saturated rings. The van der Waals surface area contributed by atoms with Gasteiger partial charge in [0.05, 0.1) is 5.56 Å². The van der Waals surface area contributed by atoms with Crippen molar-refractivity contribution in [2.45, 2.75) is 5.75 Å². The van der Waals surface area contributed by atoms with Crippen LogP contribution in [0.25, 0.3) is 23.5 Å². The van der Waals surface area contributed by atoms with E-state index in [4.69, 9.17) is 9.63 Å². The Morgan fingerprint density at radius 2 is 2.00 bits per heavy atom. The molecule has 1 N–H and O–H groups in total. The molecule has 5 nitrogen and oxygen atoms in total. The molecule has 120 valence electrons. The maximum Gasteiger partial charge on any atom is 0.335 e. The standard InChI is InChI=1S/C18H14N2O3S/c21-18(22)14-7-3-6-13(10-14)17-19-16(23-20-17)9-8-12-4-1-2-5-15(12)11-24/h1-10,24H,11H2,(H,21,22)/b9-8+. The van der Waals surface area contributed by atoms with Crippen LogP contribution in [0.1, 0.15) is 27.4 Å². The Morgan fingerprint density at radius 3 is 2.79 bits per heavy atom. The number of hydrogen-bond acceptors (Lipinski definition) is 5. The maximum atomic E-state index is 11.0. The molecule has 6 heteroatoms. The zero-order valence-electron chi connectivity index (χ0n) is 12.6. The van der Waals surface area contributed by atoms with E-state index in [9.17, 15) is 4.79 Å². The van der Waals surface area contributed by atoms with Crippen molar-refractivity contribution in [2.24, 2.45) is 0 Å². The van der Waals surface area contributed by atoms with E-state index in [1.807, 2.05) is 30.3 Å². The lowest BCUT2D eigenvalue weighted by Crippen LogP contribution is -1.96. The van der Waals surface area contributed by atoms with Crippen LogP contribution in [0, 0.1) is 0 Å². The normalized spacial score (nSPS) is 11.0. The minimum absolute atomic E-state index is 0.178. The predicted octanol–water partition coefficient (Wildman–Crippen LogP) is 4.04. The van der Waals surface area contributed by atoms with Gasteiger partial charge in [0.2, 0.25) is 5.82 Å². The molecule has 0 saturated carbocycles. The minimum atomic E-state index is -0.996. The largest absolute Gasteiger partial charge is 0.478 e. The minimum Gasteiger partial charge on any atom is -0.478 e. The Balaban J connectivity index is 1.84.